The van der Waals surface area contributed by atoms with E-state index in [1.165, 1.54) is 36.0 Å². The van der Waals surface area contributed by atoms with Crippen molar-refractivity contribution in [1.29, 1.82) is 0 Å². The zero-order valence-corrected chi connectivity index (χ0v) is 19.5. The molecule has 2 N–H and O–H groups in total. The molecule has 0 spiro atoms. The lowest BCUT2D eigenvalue weighted by Gasteiger charge is -2.09. The van der Waals surface area contributed by atoms with Gasteiger partial charge in [-0.1, -0.05) is 24.3 Å². The lowest BCUT2D eigenvalue weighted by atomic mass is 10.2. The van der Waals surface area contributed by atoms with Crippen LogP contribution in [0.15, 0.2) is 87.2 Å². The van der Waals surface area contributed by atoms with Crippen LogP contribution in [0.3, 0.4) is 0 Å². The molecule has 166 valence electrons. The van der Waals surface area contributed by atoms with Crippen molar-refractivity contribution < 1.29 is 18.7 Å². The van der Waals surface area contributed by atoms with Crippen molar-refractivity contribution in [2.24, 2.45) is 4.99 Å². The molecule has 0 aliphatic carbocycles. The number of hydrogen-bond acceptors (Lipinski definition) is 5. The molecule has 2 amide bonds. The van der Waals surface area contributed by atoms with E-state index in [1.807, 2.05) is 18.2 Å². The van der Waals surface area contributed by atoms with E-state index < -0.39 is 0 Å². The third-order valence-corrected chi connectivity index (χ3v) is 5.91. The first-order chi connectivity index (χ1) is 16.0. The molecule has 33 heavy (non-hydrogen) atoms. The van der Waals surface area contributed by atoms with Gasteiger partial charge in [0.05, 0.1) is 15.1 Å². The van der Waals surface area contributed by atoms with E-state index in [0.29, 0.717) is 31.7 Å². The molecule has 1 saturated heterocycles. The lowest BCUT2D eigenvalue weighted by Crippen LogP contribution is -2.20. The maximum atomic E-state index is 13.0. The van der Waals surface area contributed by atoms with Gasteiger partial charge < -0.3 is 15.4 Å². The van der Waals surface area contributed by atoms with Crippen LogP contribution < -0.4 is 15.4 Å². The molecule has 1 heterocycles. The highest BCUT2D eigenvalue weighted by Gasteiger charge is 2.24. The van der Waals surface area contributed by atoms with E-state index in [0.717, 1.165) is 5.56 Å². The Hall–Kier alpha value is -3.43. The average molecular weight is 526 g/mol. The van der Waals surface area contributed by atoms with Crippen LogP contribution in [0, 0.1) is 5.82 Å². The van der Waals surface area contributed by atoms with Crippen molar-refractivity contribution in [3.63, 3.8) is 0 Å². The third-order valence-electron chi connectivity index (χ3n) is 4.38. The molecule has 3 aromatic carbocycles. The summed E-state index contributed by atoms with van der Waals surface area (Å²) in [6.07, 6.45) is 1.73. The highest BCUT2D eigenvalue weighted by atomic mass is 79.9. The number of amidine groups is 1. The lowest BCUT2D eigenvalue weighted by molar-refractivity contribution is -0.118. The average Bonchev–Trinajstić information content (AvgIpc) is 3.14. The summed E-state index contributed by atoms with van der Waals surface area (Å²) in [5.74, 6) is -0.388. The minimum atomic E-state index is -0.350. The van der Waals surface area contributed by atoms with Crippen molar-refractivity contribution >= 4 is 62.1 Å². The van der Waals surface area contributed by atoms with Crippen molar-refractivity contribution in [3.05, 3.63) is 93.6 Å². The van der Waals surface area contributed by atoms with Gasteiger partial charge in [0.1, 0.15) is 11.6 Å². The molecule has 3 aromatic rings. The number of nitrogens with zero attached hydrogens (tertiary/aromatic N) is 1. The summed E-state index contributed by atoms with van der Waals surface area (Å²) in [7, 11) is 0. The quantitative estimate of drug-likeness (QED) is 0.416. The zero-order chi connectivity index (χ0) is 23.2. The van der Waals surface area contributed by atoms with Gasteiger partial charge >= 0.3 is 0 Å². The van der Waals surface area contributed by atoms with E-state index in [2.05, 4.69) is 31.6 Å². The number of nitrogens with one attached hydrogen (secondary N) is 2. The van der Waals surface area contributed by atoms with Crippen LogP contribution in [-0.2, 0) is 9.59 Å². The highest BCUT2D eigenvalue weighted by Crippen LogP contribution is 2.31. The van der Waals surface area contributed by atoms with Crippen molar-refractivity contribution in [3.8, 4) is 5.75 Å². The van der Waals surface area contributed by atoms with E-state index in [4.69, 9.17) is 4.74 Å². The predicted octanol–water partition coefficient (Wildman–Crippen LogP) is 5.50. The summed E-state index contributed by atoms with van der Waals surface area (Å²) in [4.78, 5) is 29.1. The fraction of sp³-hybridized carbons (Fsp3) is 0.0417. The molecular formula is C24H17BrFN3O3S. The Morgan fingerprint density at radius 2 is 1.88 bits per heavy atom. The fourth-order valence-electron chi connectivity index (χ4n) is 2.85. The summed E-state index contributed by atoms with van der Waals surface area (Å²) < 4.78 is 19.3. The molecule has 0 aromatic heterocycles. The first-order valence-electron chi connectivity index (χ1n) is 9.79. The van der Waals surface area contributed by atoms with E-state index in [9.17, 15) is 14.0 Å². The number of hydrogen-bond donors (Lipinski definition) is 2. The molecule has 0 atom stereocenters. The van der Waals surface area contributed by atoms with Crippen LogP contribution >= 0.6 is 27.7 Å². The largest absolute Gasteiger partial charge is 0.483 e. The minimum Gasteiger partial charge on any atom is -0.483 e. The number of rotatable bonds is 6. The van der Waals surface area contributed by atoms with Crippen LogP contribution in [0.4, 0.5) is 15.8 Å². The van der Waals surface area contributed by atoms with Crippen LogP contribution in [0.2, 0.25) is 0 Å². The fourth-order valence-corrected chi connectivity index (χ4v) is 4.20. The Bertz CT molecular complexity index is 1250. The molecule has 6 nitrogen and oxygen atoms in total. The molecule has 4 rings (SSSR count). The topological polar surface area (TPSA) is 79.8 Å². The maximum Gasteiger partial charge on any atom is 0.264 e. The van der Waals surface area contributed by atoms with Gasteiger partial charge in [0.25, 0.3) is 11.8 Å². The first-order valence-corrected chi connectivity index (χ1v) is 11.4. The number of ether oxygens (including phenoxy) is 1. The number of benzene rings is 3. The van der Waals surface area contributed by atoms with Crippen LogP contribution in [0.25, 0.3) is 6.08 Å². The third kappa shape index (κ3) is 6.30. The summed E-state index contributed by atoms with van der Waals surface area (Å²) in [5.41, 5.74) is 2.01. The van der Waals surface area contributed by atoms with E-state index in [1.54, 1.807) is 36.4 Å². The molecule has 9 heteroatoms. The molecule has 0 saturated carbocycles. The Balaban J connectivity index is 1.38. The van der Waals surface area contributed by atoms with Crippen LogP contribution in [0.5, 0.6) is 5.75 Å². The van der Waals surface area contributed by atoms with Crippen molar-refractivity contribution in [2.45, 2.75) is 0 Å². The molecule has 0 unspecified atom stereocenters. The molecule has 1 fully saturated rings. The number of para-hydroxylation sites is 1. The zero-order valence-electron chi connectivity index (χ0n) is 17.0. The monoisotopic (exact) mass is 525 g/mol. The SMILES string of the molecule is O=C(COc1ccc(C=C2SC(=Nc3ccc(F)cc3)NC2=O)cc1Br)Nc1ccccc1. The number of halogens is 2. The Kier molecular flexibility index (Phi) is 7.21. The molecular weight excluding hydrogens is 509 g/mol. The van der Waals surface area contributed by atoms with Gasteiger partial charge in [-0.3, -0.25) is 9.59 Å². The van der Waals surface area contributed by atoms with Crippen LogP contribution in [-0.4, -0.2) is 23.6 Å². The predicted molar refractivity (Wildman–Crippen MR) is 132 cm³/mol. The number of amides is 2. The van der Waals surface area contributed by atoms with E-state index in [-0.39, 0.29) is 24.2 Å². The van der Waals surface area contributed by atoms with Gasteiger partial charge in [-0.15, -0.1) is 0 Å². The summed E-state index contributed by atoms with van der Waals surface area (Å²) >= 11 is 4.64. The maximum absolute atomic E-state index is 13.0. The summed E-state index contributed by atoms with van der Waals surface area (Å²) in [6.45, 7) is -0.143. The second-order valence-electron chi connectivity index (χ2n) is 6.85. The number of thioether (sulfide) groups is 1. The normalized spacial score (nSPS) is 15.5. The van der Waals surface area contributed by atoms with Gasteiger partial charge in [0.15, 0.2) is 11.8 Å². The number of aliphatic imine (C=N–C) groups is 1. The highest BCUT2D eigenvalue weighted by molar-refractivity contribution is 9.10. The Labute approximate surface area is 202 Å². The molecule has 1 aliphatic rings. The minimum absolute atomic E-state index is 0.143. The molecule has 0 radical (unpaired) electrons. The smallest absolute Gasteiger partial charge is 0.264 e. The summed E-state index contributed by atoms with van der Waals surface area (Å²) in [5, 5.41) is 5.87. The van der Waals surface area contributed by atoms with Gasteiger partial charge in [-0.05, 0) is 87.9 Å². The second-order valence-corrected chi connectivity index (χ2v) is 8.74. The number of anilines is 1. The van der Waals surface area contributed by atoms with Crippen LogP contribution in [0.1, 0.15) is 5.56 Å². The first kappa shape index (κ1) is 22.8. The number of carbonyl (C=O) groups is 2. The van der Waals surface area contributed by atoms with Gasteiger partial charge in [-0.25, -0.2) is 9.38 Å². The molecule has 1 aliphatic heterocycles. The van der Waals surface area contributed by atoms with E-state index >= 15 is 0 Å². The standard InChI is InChI=1S/C24H17BrFN3O3S/c25-19-12-15(6-11-20(19)32-14-22(30)27-17-4-2-1-3-5-17)13-21-23(31)29-24(33-21)28-18-9-7-16(26)8-10-18/h1-13H,14H2,(H,27,30)(H,28,29,31). The summed E-state index contributed by atoms with van der Waals surface area (Å²) in [6, 6.07) is 20.1. The van der Waals surface area contributed by atoms with Gasteiger partial charge in [-0.2, -0.15) is 0 Å². The number of carbonyl (C=O) groups excluding carboxylic acids is 2. The molecule has 0 bridgehead atoms. The van der Waals surface area contributed by atoms with Gasteiger partial charge in [0, 0.05) is 5.69 Å². The Morgan fingerprint density at radius 3 is 2.61 bits per heavy atom. The second kappa shape index (κ2) is 10.5. The van der Waals surface area contributed by atoms with Gasteiger partial charge in [0.2, 0.25) is 0 Å². The van der Waals surface area contributed by atoms with Crippen molar-refractivity contribution in [1.82, 2.24) is 5.32 Å². The Morgan fingerprint density at radius 1 is 1.12 bits per heavy atom. The van der Waals surface area contributed by atoms with Crippen molar-refractivity contribution in [2.75, 3.05) is 11.9 Å².